The maximum atomic E-state index is 11.6. The highest BCUT2D eigenvalue weighted by molar-refractivity contribution is 7.89. The van der Waals surface area contributed by atoms with Crippen molar-refractivity contribution in [2.24, 2.45) is 5.92 Å². The van der Waals surface area contributed by atoms with Crippen molar-refractivity contribution in [3.8, 4) is 0 Å². The normalized spacial score (nSPS) is 13.3. The number of esters is 1. The van der Waals surface area contributed by atoms with Crippen LogP contribution in [0.2, 0.25) is 0 Å². The zero-order valence-corrected chi connectivity index (χ0v) is 11.5. The highest BCUT2D eigenvalue weighted by Crippen LogP contribution is 2.04. The SMILES string of the molecule is COC(=O)C[C@H](NS(=O)(=O)CCC(C)C)C(=O)O. The molecule has 106 valence electrons. The van der Waals surface area contributed by atoms with Crippen LogP contribution in [0, 0.1) is 5.92 Å². The Morgan fingerprint density at radius 2 is 1.89 bits per heavy atom. The number of ether oxygens (including phenoxy) is 1. The van der Waals surface area contributed by atoms with Gasteiger partial charge in [0.2, 0.25) is 10.0 Å². The molecular weight excluding hydrogens is 262 g/mol. The fraction of sp³-hybridized carbons (Fsp3) is 0.800. The van der Waals surface area contributed by atoms with E-state index in [2.05, 4.69) is 4.74 Å². The number of nitrogens with one attached hydrogen (secondary N) is 1. The number of carboxylic acids is 1. The van der Waals surface area contributed by atoms with E-state index in [1.807, 2.05) is 18.6 Å². The molecule has 0 bridgehead atoms. The summed E-state index contributed by atoms with van der Waals surface area (Å²) in [6, 6.07) is -1.49. The van der Waals surface area contributed by atoms with E-state index in [4.69, 9.17) is 5.11 Å². The summed E-state index contributed by atoms with van der Waals surface area (Å²) in [5.74, 6) is -2.18. The first-order valence-electron chi connectivity index (χ1n) is 5.47. The number of methoxy groups -OCH3 is 1. The van der Waals surface area contributed by atoms with Gasteiger partial charge < -0.3 is 9.84 Å². The molecule has 0 aliphatic rings. The van der Waals surface area contributed by atoms with Crippen molar-refractivity contribution in [2.45, 2.75) is 32.7 Å². The minimum Gasteiger partial charge on any atom is -0.480 e. The Morgan fingerprint density at radius 1 is 1.33 bits per heavy atom. The van der Waals surface area contributed by atoms with Crippen LogP contribution in [0.3, 0.4) is 0 Å². The molecule has 7 nitrogen and oxygen atoms in total. The van der Waals surface area contributed by atoms with Crippen molar-refractivity contribution in [1.29, 1.82) is 0 Å². The first-order chi connectivity index (χ1) is 8.18. The third-order valence-electron chi connectivity index (χ3n) is 2.18. The van der Waals surface area contributed by atoms with E-state index in [0.717, 1.165) is 7.11 Å². The van der Waals surface area contributed by atoms with Crippen molar-refractivity contribution >= 4 is 22.0 Å². The van der Waals surface area contributed by atoms with E-state index in [-0.39, 0.29) is 11.7 Å². The molecule has 0 rings (SSSR count). The summed E-state index contributed by atoms with van der Waals surface area (Å²) in [6.07, 6.45) is -0.118. The molecule has 0 radical (unpaired) electrons. The quantitative estimate of drug-likeness (QED) is 0.604. The molecule has 0 unspecified atom stereocenters. The lowest BCUT2D eigenvalue weighted by Gasteiger charge is -2.14. The Morgan fingerprint density at radius 3 is 2.28 bits per heavy atom. The molecular formula is C10H19NO6S. The molecule has 18 heavy (non-hydrogen) atoms. The third kappa shape index (κ3) is 7.23. The smallest absolute Gasteiger partial charge is 0.322 e. The van der Waals surface area contributed by atoms with E-state index in [9.17, 15) is 18.0 Å². The molecule has 0 heterocycles. The number of hydrogen-bond donors (Lipinski definition) is 2. The van der Waals surface area contributed by atoms with Crippen molar-refractivity contribution in [1.82, 2.24) is 4.72 Å². The van der Waals surface area contributed by atoms with Gasteiger partial charge in [-0.2, -0.15) is 0 Å². The Hall–Kier alpha value is -1.15. The number of hydrogen-bond acceptors (Lipinski definition) is 5. The Kier molecular flexibility index (Phi) is 6.85. The molecule has 8 heteroatoms. The molecule has 0 saturated carbocycles. The lowest BCUT2D eigenvalue weighted by molar-refractivity contribution is -0.147. The van der Waals surface area contributed by atoms with Crippen LogP contribution in [-0.4, -0.2) is 44.4 Å². The van der Waals surface area contributed by atoms with E-state index in [1.165, 1.54) is 0 Å². The summed E-state index contributed by atoms with van der Waals surface area (Å²) in [5, 5.41) is 8.82. The zero-order chi connectivity index (χ0) is 14.3. The summed E-state index contributed by atoms with van der Waals surface area (Å²) in [6.45, 7) is 3.72. The van der Waals surface area contributed by atoms with Crippen LogP contribution in [0.25, 0.3) is 0 Å². The van der Waals surface area contributed by atoms with Crippen LogP contribution >= 0.6 is 0 Å². The van der Waals surface area contributed by atoms with Crippen LogP contribution in [-0.2, 0) is 24.3 Å². The van der Waals surface area contributed by atoms with E-state index < -0.39 is 34.4 Å². The highest BCUT2D eigenvalue weighted by Gasteiger charge is 2.26. The van der Waals surface area contributed by atoms with E-state index in [0.29, 0.717) is 6.42 Å². The number of carbonyl (C=O) groups excluding carboxylic acids is 1. The molecule has 0 aromatic heterocycles. The summed E-state index contributed by atoms with van der Waals surface area (Å²) < 4.78 is 29.5. The van der Waals surface area contributed by atoms with Gasteiger partial charge in [-0.1, -0.05) is 13.8 Å². The maximum absolute atomic E-state index is 11.6. The summed E-state index contributed by atoms with van der Waals surface area (Å²) in [4.78, 5) is 21.8. The van der Waals surface area contributed by atoms with Crippen LogP contribution in [0.4, 0.5) is 0 Å². The van der Waals surface area contributed by atoms with Gasteiger partial charge in [-0.15, -0.1) is 0 Å². The fourth-order valence-corrected chi connectivity index (χ4v) is 2.61. The molecule has 0 aliphatic carbocycles. The van der Waals surface area contributed by atoms with Gasteiger partial charge in [0.1, 0.15) is 6.04 Å². The predicted molar refractivity (Wildman–Crippen MR) is 64.4 cm³/mol. The number of rotatable bonds is 8. The van der Waals surface area contributed by atoms with E-state index in [1.54, 1.807) is 0 Å². The molecule has 1 atom stereocenters. The minimum atomic E-state index is -3.71. The average molecular weight is 281 g/mol. The monoisotopic (exact) mass is 281 g/mol. The van der Waals surface area contributed by atoms with Crippen molar-refractivity contribution in [3.63, 3.8) is 0 Å². The van der Waals surface area contributed by atoms with Crippen LogP contribution < -0.4 is 4.72 Å². The molecule has 2 N–H and O–H groups in total. The first kappa shape index (κ1) is 16.9. The molecule has 0 fully saturated rings. The van der Waals surface area contributed by atoms with Crippen molar-refractivity contribution in [2.75, 3.05) is 12.9 Å². The van der Waals surface area contributed by atoms with Gasteiger partial charge in [-0.25, -0.2) is 13.1 Å². The number of sulfonamides is 1. The van der Waals surface area contributed by atoms with Crippen LogP contribution in [0.15, 0.2) is 0 Å². The van der Waals surface area contributed by atoms with Gasteiger partial charge in [-0.05, 0) is 12.3 Å². The first-order valence-corrected chi connectivity index (χ1v) is 7.12. The third-order valence-corrected chi connectivity index (χ3v) is 3.60. The second kappa shape index (κ2) is 7.32. The fourth-order valence-electron chi connectivity index (χ4n) is 1.10. The zero-order valence-electron chi connectivity index (χ0n) is 10.7. The average Bonchev–Trinajstić information content (AvgIpc) is 2.25. The second-order valence-electron chi connectivity index (χ2n) is 4.29. The Balaban J connectivity index is 4.57. The lowest BCUT2D eigenvalue weighted by atomic mass is 10.2. The minimum absolute atomic E-state index is 0.171. The van der Waals surface area contributed by atoms with Gasteiger partial charge in [0.05, 0.1) is 19.3 Å². The van der Waals surface area contributed by atoms with Crippen LogP contribution in [0.5, 0.6) is 0 Å². The van der Waals surface area contributed by atoms with Crippen molar-refractivity contribution in [3.05, 3.63) is 0 Å². The molecule has 0 spiro atoms. The predicted octanol–water partition coefficient (Wildman–Crippen LogP) is -0.0318. The number of carbonyl (C=O) groups is 2. The van der Waals surface area contributed by atoms with Gasteiger partial charge in [0.25, 0.3) is 0 Å². The number of aliphatic carboxylic acids is 1. The second-order valence-corrected chi connectivity index (χ2v) is 6.16. The standard InChI is InChI=1S/C10H19NO6S/c1-7(2)4-5-18(15,16)11-8(10(13)14)6-9(12)17-3/h7-8,11H,4-6H2,1-3H3,(H,13,14)/t8-/m0/s1. The van der Waals surface area contributed by atoms with E-state index >= 15 is 0 Å². The topological polar surface area (TPSA) is 110 Å². The van der Waals surface area contributed by atoms with Gasteiger partial charge in [0, 0.05) is 0 Å². The van der Waals surface area contributed by atoms with Crippen LogP contribution in [0.1, 0.15) is 26.7 Å². The Bertz CT molecular complexity index is 389. The number of carboxylic acid groups (broad SMARTS) is 1. The molecule has 0 amide bonds. The molecule has 0 aliphatic heterocycles. The largest absolute Gasteiger partial charge is 0.480 e. The van der Waals surface area contributed by atoms with Gasteiger partial charge >= 0.3 is 11.9 Å². The maximum Gasteiger partial charge on any atom is 0.322 e. The molecule has 0 aromatic carbocycles. The molecule has 0 saturated heterocycles. The summed E-state index contributed by atoms with van der Waals surface area (Å²) in [7, 11) is -2.61. The lowest BCUT2D eigenvalue weighted by Crippen LogP contribution is -2.43. The van der Waals surface area contributed by atoms with Gasteiger partial charge in [0.15, 0.2) is 0 Å². The van der Waals surface area contributed by atoms with Crippen molar-refractivity contribution < 1.29 is 27.9 Å². The summed E-state index contributed by atoms with van der Waals surface area (Å²) in [5.41, 5.74) is 0. The van der Waals surface area contributed by atoms with Gasteiger partial charge in [-0.3, -0.25) is 9.59 Å². The Labute approximate surface area is 107 Å². The summed E-state index contributed by atoms with van der Waals surface area (Å²) >= 11 is 0. The molecule has 0 aromatic rings. The highest BCUT2D eigenvalue weighted by atomic mass is 32.2.